The summed E-state index contributed by atoms with van der Waals surface area (Å²) in [6.45, 7) is 0.328. The molecule has 1 aromatic carbocycles. The van der Waals surface area contributed by atoms with Gasteiger partial charge in [-0.15, -0.1) is 0 Å². The molecular weight excluding hydrogens is 225 g/mol. The zero-order valence-corrected chi connectivity index (χ0v) is 8.98. The van der Waals surface area contributed by atoms with E-state index < -0.39 is 11.9 Å². The first-order chi connectivity index (χ1) is 8.02. The van der Waals surface area contributed by atoms with Crippen molar-refractivity contribution >= 4 is 23.2 Å². The van der Waals surface area contributed by atoms with E-state index in [-0.39, 0.29) is 16.9 Å². The molecule has 0 atom stereocenters. The lowest BCUT2D eigenvalue weighted by molar-refractivity contribution is 0.168. The van der Waals surface area contributed by atoms with Gasteiger partial charge in [-0.05, 0) is 18.6 Å². The number of nitrogens with zero attached hydrogens (tertiary/aromatic N) is 1. The van der Waals surface area contributed by atoms with Crippen LogP contribution in [-0.2, 0) is 0 Å². The van der Waals surface area contributed by atoms with Gasteiger partial charge in [0.25, 0.3) is 0 Å². The molecule has 0 spiro atoms. The van der Waals surface area contributed by atoms with Gasteiger partial charge in [0.1, 0.15) is 0 Å². The summed E-state index contributed by atoms with van der Waals surface area (Å²) in [5.41, 5.74) is 11.4. The lowest BCUT2D eigenvalue weighted by Crippen LogP contribution is -2.25. The van der Waals surface area contributed by atoms with E-state index in [4.69, 9.17) is 16.6 Å². The van der Waals surface area contributed by atoms with E-state index in [1.165, 1.54) is 12.1 Å². The van der Waals surface area contributed by atoms with Gasteiger partial charge < -0.3 is 16.6 Å². The maximum atomic E-state index is 13.9. The summed E-state index contributed by atoms with van der Waals surface area (Å²) in [6, 6.07) is 2.90. The van der Waals surface area contributed by atoms with Crippen LogP contribution in [0.2, 0.25) is 0 Å². The number of halogens is 1. The molecular formula is C11H12FN3O2. The summed E-state index contributed by atoms with van der Waals surface area (Å²) in [6.07, 6.45) is 1.12. The molecule has 1 aromatic rings. The van der Waals surface area contributed by atoms with E-state index in [1.807, 2.05) is 0 Å². The molecule has 0 radical (unpaired) electrons. The Balaban J connectivity index is 2.48. The number of benzene rings is 1. The Morgan fingerprint density at radius 3 is 2.76 bits per heavy atom. The molecule has 1 aliphatic heterocycles. The Hall–Kier alpha value is -2.24. The molecule has 1 aliphatic rings. The fourth-order valence-electron chi connectivity index (χ4n) is 1.82. The predicted molar refractivity (Wildman–Crippen MR) is 62.5 cm³/mol. The number of carboxylic acid groups (broad SMARTS) is 1. The summed E-state index contributed by atoms with van der Waals surface area (Å²) in [4.78, 5) is 12.0. The fourth-order valence-corrected chi connectivity index (χ4v) is 1.82. The number of hydrogen-bond donors (Lipinski definition) is 3. The maximum Gasteiger partial charge on any atom is 0.411 e. The van der Waals surface area contributed by atoms with Crippen LogP contribution in [0.5, 0.6) is 0 Å². The molecule has 0 unspecified atom stereocenters. The van der Waals surface area contributed by atoms with Crippen molar-refractivity contribution in [1.82, 2.24) is 4.90 Å². The number of nitrogen functional groups attached to an aromatic ring is 2. The normalized spacial score (nSPS) is 14.9. The van der Waals surface area contributed by atoms with Gasteiger partial charge in [0.2, 0.25) is 0 Å². The number of anilines is 2. The quantitative estimate of drug-likeness (QED) is 0.648. The van der Waals surface area contributed by atoms with E-state index in [0.717, 1.165) is 4.90 Å². The van der Waals surface area contributed by atoms with Gasteiger partial charge in [0.05, 0.1) is 17.1 Å². The van der Waals surface area contributed by atoms with Crippen molar-refractivity contribution in [3.05, 3.63) is 29.6 Å². The van der Waals surface area contributed by atoms with Crippen LogP contribution in [-0.4, -0.2) is 22.6 Å². The van der Waals surface area contributed by atoms with Gasteiger partial charge >= 0.3 is 6.09 Å². The van der Waals surface area contributed by atoms with Gasteiger partial charge in [-0.2, -0.15) is 0 Å². The number of carbonyl (C=O) groups is 1. The van der Waals surface area contributed by atoms with Crippen molar-refractivity contribution in [3.63, 3.8) is 0 Å². The van der Waals surface area contributed by atoms with Crippen molar-refractivity contribution in [2.24, 2.45) is 0 Å². The molecule has 0 aromatic heterocycles. The van der Waals surface area contributed by atoms with E-state index in [9.17, 15) is 9.18 Å². The van der Waals surface area contributed by atoms with Crippen LogP contribution in [0.15, 0.2) is 18.2 Å². The van der Waals surface area contributed by atoms with Crippen molar-refractivity contribution in [1.29, 1.82) is 0 Å². The average Bonchev–Trinajstić information content (AvgIpc) is 2.75. The second-order valence-electron chi connectivity index (χ2n) is 3.74. The van der Waals surface area contributed by atoms with E-state index in [2.05, 4.69) is 0 Å². The molecule has 1 amide bonds. The highest BCUT2D eigenvalue weighted by Crippen LogP contribution is 2.31. The van der Waals surface area contributed by atoms with Crippen LogP contribution in [0.3, 0.4) is 0 Å². The molecule has 17 heavy (non-hydrogen) atoms. The highest BCUT2D eigenvalue weighted by atomic mass is 19.1. The minimum Gasteiger partial charge on any atom is -0.465 e. The van der Waals surface area contributed by atoms with E-state index >= 15 is 0 Å². The zero-order chi connectivity index (χ0) is 12.6. The second-order valence-corrected chi connectivity index (χ2v) is 3.74. The first kappa shape index (κ1) is 11.3. The number of rotatable bonds is 1. The van der Waals surface area contributed by atoms with Crippen LogP contribution in [0.1, 0.15) is 12.0 Å². The molecule has 0 saturated carbocycles. The van der Waals surface area contributed by atoms with E-state index in [0.29, 0.717) is 18.7 Å². The number of amides is 1. The molecule has 6 heteroatoms. The fraction of sp³-hybridized carbons (Fsp3) is 0.182. The monoisotopic (exact) mass is 237 g/mol. The van der Waals surface area contributed by atoms with Crippen molar-refractivity contribution in [2.45, 2.75) is 6.42 Å². The molecule has 0 aliphatic carbocycles. The Morgan fingerprint density at radius 1 is 1.41 bits per heavy atom. The largest absolute Gasteiger partial charge is 0.465 e. The number of hydrogen-bond acceptors (Lipinski definition) is 3. The van der Waals surface area contributed by atoms with E-state index in [1.54, 1.807) is 6.08 Å². The maximum absolute atomic E-state index is 13.9. The molecule has 0 saturated heterocycles. The van der Waals surface area contributed by atoms with Gasteiger partial charge in [0.15, 0.2) is 5.82 Å². The van der Waals surface area contributed by atoms with Crippen LogP contribution in [0.25, 0.3) is 5.70 Å². The summed E-state index contributed by atoms with van der Waals surface area (Å²) >= 11 is 0. The summed E-state index contributed by atoms with van der Waals surface area (Å²) in [7, 11) is 0. The van der Waals surface area contributed by atoms with Gasteiger partial charge in [-0.25, -0.2) is 9.18 Å². The topological polar surface area (TPSA) is 92.6 Å². The average molecular weight is 237 g/mol. The second kappa shape index (κ2) is 3.97. The predicted octanol–water partition coefficient (Wildman–Crippen LogP) is 1.71. The smallest absolute Gasteiger partial charge is 0.411 e. The molecule has 2 rings (SSSR count). The molecule has 5 nitrogen and oxygen atoms in total. The Kier molecular flexibility index (Phi) is 2.63. The first-order valence-electron chi connectivity index (χ1n) is 5.07. The van der Waals surface area contributed by atoms with Crippen molar-refractivity contribution < 1.29 is 14.3 Å². The summed E-state index contributed by atoms with van der Waals surface area (Å²) in [5.74, 6) is -0.676. The highest BCUT2D eigenvalue weighted by Gasteiger charge is 2.25. The summed E-state index contributed by atoms with van der Waals surface area (Å²) in [5, 5.41) is 8.97. The molecule has 0 fully saturated rings. The third-order valence-electron chi connectivity index (χ3n) is 2.70. The first-order valence-corrected chi connectivity index (χ1v) is 5.07. The zero-order valence-electron chi connectivity index (χ0n) is 8.98. The molecule has 5 N–H and O–H groups in total. The van der Waals surface area contributed by atoms with Crippen molar-refractivity contribution in [3.8, 4) is 0 Å². The molecule has 1 heterocycles. The van der Waals surface area contributed by atoms with Crippen LogP contribution < -0.4 is 11.5 Å². The van der Waals surface area contributed by atoms with Gasteiger partial charge in [0, 0.05) is 12.1 Å². The van der Waals surface area contributed by atoms with Gasteiger partial charge in [-0.1, -0.05) is 6.08 Å². The van der Waals surface area contributed by atoms with Crippen LogP contribution in [0, 0.1) is 5.82 Å². The molecule has 0 bridgehead atoms. The lowest BCUT2D eigenvalue weighted by Gasteiger charge is -2.18. The Bertz CT molecular complexity index is 514. The Labute approximate surface area is 97.1 Å². The minimum atomic E-state index is -1.11. The van der Waals surface area contributed by atoms with Crippen LogP contribution >= 0.6 is 0 Å². The van der Waals surface area contributed by atoms with Gasteiger partial charge in [-0.3, -0.25) is 4.90 Å². The third kappa shape index (κ3) is 1.77. The Morgan fingerprint density at radius 2 is 2.12 bits per heavy atom. The van der Waals surface area contributed by atoms with Crippen LogP contribution in [0.4, 0.5) is 20.6 Å². The minimum absolute atomic E-state index is 0.145. The highest BCUT2D eigenvalue weighted by molar-refractivity contribution is 5.84. The standard InChI is InChI=1S/C11H12FN3O2/c12-9-6(3-4-7(13)10(9)14)8-2-1-5-15(8)11(16)17/h2-4H,1,5,13-14H2,(H,16,17). The molecule has 90 valence electrons. The third-order valence-corrected chi connectivity index (χ3v) is 2.70. The lowest BCUT2D eigenvalue weighted by atomic mass is 10.1. The van der Waals surface area contributed by atoms with Crippen molar-refractivity contribution in [2.75, 3.05) is 18.0 Å². The number of nitrogens with two attached hydrogens (primary N) is 2. The SMILES string of the molecule is Nc1ccc(C2=CCCN2C(=O)O)c(F)c1N. The summed E-state index contributed by atoms with van der Waals surface area (Å²) < 4.78 is 13.9.